The third kappa shape index (κ3) is 5.61. The molecule has 6 nitrogen and oxygen atoms in total. The molecule has 0 spiro atoms. The van der Waals surface area contributed by atoms with E-state index >= 15 is 0 Å². The first kappa shape index (κ1) is 17.3. The van der Waals surface area contributed by atoms with Crippen molar-refractivity contribution in [1.82, 2.24) is 5.32 Å². The highest BCUT2D eigenvalue weighted by molar-refractivity contribution is 5.87. The van der Waals surface area contributed by atoms with Crippen LogP contribution in [0.2, 0.25) is 0 Å². The molecule has 0 saturated heterocycles. The first-order chi connectivity index (χ1) is 9.76. The van der Waals surface area contributed by atoms with Crippen molar-refractivity contribution in [2.24, 2.45) is 0 Å². The van der Waals surface area contributed by atoms with Crippen molar-refractivity contribution in [2.45, 2.75) is 32.5 Å². The van der Waals surface area contributed by atoms with Crippen molar-refractivity contribution in [3.05, 3.63) is 23.8 Å². The Hall–Kier alpha value is -1.79. The molecule has 3 N–H and O–H groups in total. The molecule has 1 unspecified atom stereocenters. The summed E-state index contributed by atoms with van der Waals surface area (Å²) in [5, 5.41) is 15.5. The molecule has 0 aliphatic heterocycles. The summed E-state index contributed by atoms with van der Waals surface area (Å²) in [6, 6.07) is 5.10. The Morgan fingerprint density at radius 2 is 2.05 bits per heavy atom. The fraction of sp³-hybridized carbons (Fsp3) is 0.533. The summed E-state index contributed by atoms with van der Waals surface area (Å²) in [4.78, 5) is 11.8. The van der Waals surface area contributed by atoms with E-state index in [-0.39, 0.29) is 0 Å². The fourth-order valence-corrected chi connectivity index (χ4v) is 1.74. The van der Waals surface area contributed by atoms with E-state index in [1.165, 1.54) is 7.11 Å². The van der Waals surface area contributed by atoms with E-state index < -0.39 is 17.8 Å². The number of nitrogens with one attached hydrogen (secondary N) is 2. The highest BCUT2D eigenvalue weighted by Gasteiger charge is 2.18. The van der Waals surface area contributed by atoms with Crippen LogP contribution in [0.15, 0.2) is 18.2 Å². The van der Waals surface area contributed by atoms with Crippen LogP contribution < -0.4 is 15.4 Å². The molecule has 0 bridgehead atoms. The van der Waals surface area contributed by atoms with Gasteiger partial charge in [-0.2, -0.15) is 0 Å². The Balaban J connectivity index is 2.86. The third-order valence-corrected chi connectivity index (χ3v) is 2.64. The molecular formula is C15H24N2O4. The van der Waals surface area contributed by atoms with Gasteiger partial charge >= 0.3 is 6.09 Å². The van der Waals surface area contributed by atoms with E-state index in [1.54, 1.807) is 46.0 Å². The Labute approximate surface area is 125 Å². The maximum Gasteiger partial charge on any atom is 0.412 e. The average Bonchev–Trinajstić information content (AvgIpc) is 2.37. The number of ether oxygens (including phenoxy) is 2. The highest BCUT2D eigenvalue weighted by Crippen LogP contribution is 2.28. The van der Waals surface area contributed by atoms with Gasteiger partial charge in [-0.3, -0.25) is 5.32 Å². The average molecular weight is 296 g/mol. The van der Waals surface area contributed by atoms with Crippen LogP contribution in [0.3, 0.4) is 0 Å². The maximum absolute atomic E-state index is 11.8. The first-order valence-corrected chi connectivity index (χ1v) is 6.77. The molecule has 0 aromatic heterocycles. The van der Waals surface area contributed by atoms with Crippen LogP contribution >= 0.6 is 0 Å². The van der Waals surface area contributed by atoms with E-state index in [2.05, 4.69) is 10.6 Å². The maximum atomic E-state index is 11.8. The van der Waals surface area contributed by atoms with Crippen LogP contribution in [0.4, 0.5) is 10.5 Å². The number of hydrogen-bond acceptors (Lipinski definition) is 5. The van der Waals surface area contributed by atoms with E-state index in [9.17, 15) is 9.90 Å². The van der Waals surface area contributed by atoms with E-state index in [1.807, 2.05) is 0 Å². The lowest BCUT2D eigenvalue weighted by molar-refractivity contribution is 0.0635. The van der Waals surface area contributed by atoms with Gasteiger partial charge in [0.2, 0.25) is 0 Å². The van der Waals surface area contributed by atoms with Gasteiger partial charge in [0, 0.05) is 6.54 Å². The molecule has 1 amide bonds. The Kier molecular flexibility index (Phi) is 5.99. The van der Waals surface area contributed by atoms with Gasteiger partial charge in [0.15, 0.2) is 0 Å². The van der Waals surface area contributed by atoms with Gasteiger partial charge in [0.1, 0.15) is 11.4 Å². The normalized spacial score (nSPS) is 12.7. The Morgan fingerprint density at radius 3 is 2.57 bits per heavy atom. The predicted molar refractivity (Wildman–Crippen MR) is 81.7 cm³/mol. The van der Waals surface area contributed by atoms with Crippen molar-refractivity contribution in [3.8, 4) is 5.75 Å². The number of amides is 1. The Bertz CT molecular complexity index is 483. The molecule has 0 aliphatic rings. The quantitative estimate of drug-likeness (QED) is 0.777. The zero-order valence-corrected chi connectivity index (χ0v) is 13.2. The van der Waals surface area contributed by atoms with Crippen LogP contribution in [-0.4, -0.2) is 37.5 Å². The molecule has 0 fully saturated rings. The fourth-order valence-electron chi connectivity index (χ4n) is 1.74. The molecule has 0 heterocycles. The summed E-state index contributed by atoms with van der Waals surface area (Å²) < 4.78 is 10.4. The molecule has 1 rings (SSSR count). The van der Waals surface area contributed by atoms with Crippen molar-refractivity contribution in [1.29, 1.82) is 0 Å². The summed E-state index contributed by atoms with van der Waals surface area (Å²) in [6.07, 6.45) is -1.19. The number of carbonyl (C=O) groups is 1. The van der Waals surface area contributed by atoms with Gasteiger partial charge < -0.3 is 19.9 Å². The number of hydrogen-bond donors (Lipinski definition) is 3. The summed E-state index contributed by atoms with van der Waals surface area (Å²) in [5.41, 5.74) is 0.628. The number of likely N-dealkylation sites (N-methyl/N-ethyl adjacent to an activating group) is 1. The SMILES string of the molecule is CNCC(O)c1ccc(NC(=O)OC(C)(C)C)c(OC)c1. The zero-order chi connectivity index (χ0) is 16.0. The van der Waals surface area contributed by atoms with Crippen molar-refractivity contribution < 1.29 is 19.4 Å². The van der Waals surface area contributed by atoms with Crippen molar-refractivity contribution >= 4 is 11.8 Å². The number of aliphatic hydroxyl groups excluding tert-OH is 1. The highest BCUT2D eigenvalue weighted by atomic mass is 16.6. The number of anilines is 1. The third-order valence-electron chi connectivity index (χ3n) is 2.64. The number of aliphatic hydroxyl groups is 1. The zero-order valence-electron chi connectivity index (χ0n) is 13.2. The lowest BCUT2D eigenvalue weighted by Gasteiger charge is -2.20. The molecule has 0 saturated carbocycles. The lowest BCUT2D eigenvalue weighted by atomic mass is 10.1. The van der Waals surface area contributed by atoms with Crippen molar-refractivity contribution in [2.75, 3.05) is 26.0 Å². The minimum Gasteiger partial charge on any atom is -0.495 e. The van der Waals surface area contributed by atoms with Gasteiger partial charge in [-0.15, -0.1) is 0 Å². The van der Waals surface area contributed by atoms with Crippen molar-refractivity contribution in [3.63, 3.8) is 0 Å². The smallest absolute Gasteiger partial charge is 0.412 e. The van der Waals surface area contributed by atoms with Gasteiger partial charge in [-0.25, -0.2) is 4.79 Å². The second-order valence-corrected chi connectivity index (χ2v) is 5.66. The summed E-state index contributed by atoms with van der Waals surface area (Å²) in [5.74, 6) is 0.466. The van der Waals surface area contributed by atoms with E-state index in [4.69, 9.17) is 9.47 Å². The molecule has 0 aliphatic carbocycles. The minimum absolute atomic E-state index is 0.433. The number of benzene rings is 1. The van der Waals surface area contributed by atoms with Crippen LogP contribution in [-0.2, 0) is 4.74 Å². The van der Waals surface area contributed by atoms with Crippen LogP contribution in [0.5, 0.6) is 5.75 Å². The summed E-state index contributed by atoms with van der Waals surface area (Å²) >= 11 is 0. The van der Waals surface area contributed by atoms with Gasteiger partial charge in [0.05, 0.1) is 18.9 Å². The standard InChI is InChI=1S/C15H24N2O4/c1-15(2,3)21-14(19)17-11-7-6-10(8-13(11)20-5)12(18)9-16-4/h6-8,12,16,18H,9H2,1-5H3,(H,17,19). The second kappa shape index (κ2) is 7.28. The molecule has 1 aromatic carbocycles. The molecule has 0 radical (unpaired) electrons. The molecule has 1 atom stereocenters. The van der Waals surface area contributed by atoms with Crippen LogP contribution in [0.25, 0.3) is 0 Å². The monoisotopic (exact) mass is 296 g/mol. The Morgan fingerprint density at radius 1 is 1.38 bits per heavy atom. The molecular weight excluding hydrogens is 272 g/mol. The summed E-state index contributed by atoms with van der Waals surface area (Å²) in [7, 11) is 3.27. The van der Waals surface area contributed by atoms with Crippen LogP contribution in [0.1, 0.15) is 32.4 Å². The van der Waals surface area contributed by atoms with E-state index in [0.29, 0.717) is 23.5 Å². The summed E-state index contributed by atoms with van der Waals surface area (Å²) in [6.45, 7) is 5.81. The molecule has 1 aromatic rings. The molecule has 21 heavy (non-hydrogen) atoms. The number of carbonyl (C=O) groups excluding carboxylic acids is 1. The molecule has 118 valence electrons. The molecule has 6 heteroatoms. The lowest BCUT2D eigenvalue weighted by Crippen LogP contribution is -2.27. The minimum atomic E-state index is -0.639. The van der Waals surface area contributed by atoms with Gasteiger partial charge in [-0.1, -0.05) is 6.07 Å². The topological polar surface area (TPSA) is 79.8 Å². The number of methoxy groups -OCH3 is 1. The first-order valence-electron chi connectivity index (χ1n) is 6.77. The van der Waals surface area contributed by atoms with E-state index in [0.717, 1.165) is 0 Å². The van der Waals surface area contributed by atoms with Gasteiger partial charge in [0.25, 0.3) is 0 Å². The van der Waals surface area contributed by atoms with Gasteiger partial charge in [-0.05, 0) is 45.5 Å². The van der Waals surface area contributed by atoms with Crippen LogP contribution in [0, 0.1) is 0 Å². The second-order valence-electron chi connectivity index (χ2n) is 5.66. The largest absolute Gasteiger partial charge is 0.495 e. The predicted octanol–water partition coefficient (Wildman–Crippen LogP) is 2.29. The number of rotatable bonds is 5.